The van der Waals surface area contributed by atoms with E-state index in [-0.39, 0.29) is 19.0 Å². The minimum Gasteiger partial charge on any atom is -0.481 e. The minimum atomic E-state index is -1.53. The van der Waals surface area contributed by atoms with Crippen molar-refractivity contribution in [2.24, 2.45) is 11.7 Å². The van der Waals surface area contributed by atoms with Crippen LogP contribution in [0.25, 0.3) is 0 Å². The molecule has 1 aromatic carbocycles. The van der Waals surface area contributed by atoms with Crippen LogP contribution in [0.4, 0.5) is 9.59 Å². The van der Waals surface area contributed by atoms with Crippen LogP contribution in [0.1, 0.15) is 37.3 Å². The first-order valence-electron chi connectivity index (χ1n) is 9.99. The summed E-state index contributed by atoms with van der Waals surface area (Å²) in [6.07, 6.45) is -1.18. The zero-order valence-electron chi connectivity index (χ0n) is 17.7. The molecule has 0 heterocycles. The van der Waals surface area contributed by atoms with Gasteiger partial charge < -0.3 is 31.9 Å². The number of carboxylic acid groups (broad SMARTS) is 2. The Balaban J connectivity index is 2.34. The van der Waals surface area contributed by atoms with E-state index in [1.54, 1.807) is 36.5 Å². The van der Waals surface area contributed by atoms with Crippen LogP contribution in [0, 0.1) is 5.92 Å². The number of amides is 5. The molecule has 0 fully saturated rings. The molecule has 2 atom stereocenters. The van der Waals surface area contributed by atoms with Gasteiger partial charge in [0.05, 0.1) is 12.3 Å². The Bertz CT molecular complexity index is 813. The molecule has 1 aromatic rings. The lowest BCUT2D eigenvalue weighted by molar-refractivity contribution is -0.141. The molecule has 176 valence electrons. The van der Waals surface area contributed by atoms with Gasteiger partial charge in [-0.05, 0) is 24.0 Å². The highest BCUT2D eigenvalue weighted by molar-refractivity contribution is 5.89. The summed E-state index contributed by atoms with van der Waals surface area (Å²) in [7, 11) is 0. The number of benzene rings is 1. The molecule has 12 heteroatoms. The van der Waals surface area contributed by atoms with Gasteiger partial charge in [-0.15, -0.1) is 0 Å². The Morgan fingerprint density at radius 2 is 1.56 bits per heavy atom. The molecule has 8 N–H and O–H groups in total. The van der Waals surface area contributed by atoms with Crippen molar-refractivity contribution in [2.75, 3.05) is 6.54 Å². The highest BCUT2D eigenvalue weighted by Gasteiger charge is 2.19. The third-order valence-corrected chi connectivity index (χ3v) is 4.47. The van der Waals surface area contributed by atoms with Crippen molar-refractivity contribution in [3.8, 4) is 0 Å². The molecule has 0 aliphatic rings. The third-order valence-electron chi connectivity index (χ3n) is 4.47. The van der Waals surface area contributed by atoms with Crippen LogP contribution in [0.3, 0.4) is 0 Å². The highest BCUT2D eigenvalue weighted by Crippen LogP contribution is 2.07. The van der Waals surface area contributed by atoms with E-state index in [4.69, 9.17) is 15.9 Å². The number of urea groups is 1. The molecule has 0 radical (unpaired) electrons. The number of hydrogen-bond donors (Lipinski definition) is 7. The first kappa shape index (κ1) is 26.2. The van der Waals surface area contributed by atoms with E-state index in [0.717, 1.165) is 5.56 Å². The first-order valence-corrected chi connectivity index (χ1v) is 9.99. The average Bonchev–Trinajstić information content (AvgIpc) is 2.71. The Hall–Kier alpha value is -3.83. The van der Waals surface area contributed by atoms with Crippen LogP contribution in [0.5, 0.6) is 0 Å². The summed E-state index contributed by atoms with van der Waals surface area (Å²) >= 11 is 0. The van der Waals surface area contributed by atoms with E-state index < -0.39 is 36.0 Å². The average molecular weight is 451 g/mol. The number of unbranched alkanes of at least 4 members (excludes halogenated alkanes) is 1. The monoisotopic (exact) mass is 451 g/mol. The largest absolute Gasteiger partial charge is 0.481 e. The Labute approximate surface area is 184 Å². The van der Waals surface area contributed by atoms with E-state index in [2.05, 4.69) is 16.0 Å². The van der Waals surface area contributed by atoms with Crippen LogP contribution in [-0.4, -0.2) is 52.8 Å². The van der Waals surface area contributed by atoms with Crippen LogP contribution >= 0.6 is 0 Å². The van der Waals surface area contributed by atoms with Gasteiger partial charge in [-0.25, -0.2) is 9.59 Å². The number of aliphatic carboxylic acids is 1. The maximum atomic E-state index is 12.0. The molecular weight excluding hydrogens is 422 g/mol. The van der Waals surface area contributed by atoms with Gasteiger partial charge in [0.25, 0.3) is 5.91 Å². The number of rotatable bonds is 13. The fraction of sp³-hybridized carbons (Fsp3) is 0.450. The number of carboxylic acids is 1. The van der Waals surface area contributed by atoms with Crippen molar-refractivity contribution in [2.45, 2.75) is 45.3 Å². The number of primary amides is 1. The van der Waals surface area contributed by atoms with Crippen molar-refractivity contribution < 1.29 is 34.2 Å². The molecule has 12 nitrogen and oxygen atoms in total. The number of nitrogens with one attached hydrogen (secondary N) is 4. The Morgan fingerprint density at radius 3 is 2.12 bits per heavy atom. The summed E-state index contributed by atoms with van der Waals surface area (Å²) in [6, 6.07) is 6.43. The lowest BCUT2D eigenvalue weighted by Crippen LogP contribution is -2.55. The molecule has 5 amide bonds. The van der Waals surface area contributed by atoms with Gasteiger partial charge >= 0.3 is 18.1 Å². The van der Waals surface area contributed by atoms with E-state index in [9.17, 15) is 24.0 Å². The molecule has 0 bridgehead atoms. The normalized spacial score (nSPS) is 12.2. The molecule has 0 saturated heterocycles. The van der Waals surface area contributed by atoms with Crippen LogP contribution in [0.2, 0.25) is 0 Å². The van der Waals surface area contributed by atoms with E-state index in [1.807, 2.05) is 0 Å². The smallest absolute Gasteiger partial charge is 0.406 e. The number of nitrogens with two attached hydrogens (primary N) is 1. The molecule has 0 saturated carbocycles. The van der Waals surface area contributed by atoms with Gasteiger partial charge in [-0.2, -0.15) is 0 Å². The second-order valence-corrected chi connectivity index (χ2v) is 7.19. The fourth-order valence-corrected chi connectivity index (χ4v) is 2.62. The van der Waals surface area contributed by atoms with Gasteiger partial charge in [0.2, 0.25) is 5.91 Å². The summed E-state index contributed by atoms with van der Waals surface area (Å²) in [4.78, 5) is 56.3. The van der Waals surface area contributed by atoms with Crippen LogP contribution < -0.4 is 27.0 Å². The van der Waals surface area contributed by atoms with Gasteiger partial charge in [-0.3, -0.25) is 19.7 Å². The van der Waals surface area contributed by atoms with Crippen molar-refractivity contribution in [3.05, 3.63) is 35.4 Å². The molecule has 32 heavy (non-hydrogen) atoms. The summed E-state index contributed by atoms with van der Waals surface area (Å²) in [5.74, 6) is -2.85. The van der Waals surface area contributed by atoms with Crippen molar-refractivity contribution in [1.82, 2.24) is 21.3 Å². The zero-order valence-corrected chi connectivity index (χ0v) is 17.7. The predicted molar refractivity (Wildman–Crippen MR) is 113 cm³/mol. The van der Waals surface area contributed by atoms with Gasteiger partial charge in [0.15, 0.2) is 6.17 Å². The fourth-order valence-electron chi connectivity index (χ4n) is 2.62. The lowest BCUT2D eigenvalue weighted by atomic mass is 10.0. The molecule has 0 aliphatic heterocycles. The maximum absolute atomic E-state index is 12.0. The molecule has 1 unspecified atom stereocenters. The molecule has 0 aliphatic carbocycles. The molecule has 1 rings (SSSR count). The highest BCUT2D eigenvalue weighted by atomic mass is 16.4. The third kappa shape index (κ3) is 10.8. The van der Waals surface area contributed by atoms with E-state index in [1.165, 1.54) is 0 Å². The summed E-state index contributed by atoms with van der Waals surface area (Å²) < 4.78 is 0. The lowest BCUT2D eigenvalue weighted by Gasteiger charge is -2.15. The van der Waals surface area contributed by atoms with Crippen LogP contribution in [0.15, 0.2) is 24.3 Å². The summed E-state index contributed by atoms with van der Waals surface area (Å²) in [5.41, 5.74) is 6.44. The second-order valence-electron chi connectivity index (χ2n) is 7.19. The number of carbonyl (C=O) groups excluding carboxylic acids is 3. The van der Waals surface area contributed by atoms with E-state index in [0.29, 0.717) is 31.4 Å². The zero-order chi connectivity index (χ0) is 24.1. The number of carbonyl (C=O) groups is 5. The SMILES string of the molecule is C[C@@H](CCCCNC(=O)NCc1ccc(CC(=O)NC(NC(=O)O)C(N)=O)cc1)C(=O)O. The number of hydrogen-bond acceptors (Lipinski definition) is 5. The topological polar surface area (TPSA) is 200 Å². The summed E-state index contributed by atoms with van der Waals surface area (Å²) in [6.45, 7) is 2.35. The maximum Gasteiger partial charge on any atom is 0.406 e. The van der Waals surface area contributed by atoms with Gasteiger partial charge in [-0.1, -0.05) is 37.6 Å². The second kappa shape index (κ2) is 13.5. The Morgan fingerprint density at radius 1 is 0.938 bits per heavy atom. The van der Waals surface area contributed by atoms with Crippen molar-refractivity contribution in [1.29, 1.82) is 0 Å². The standard InChI is InChI=1S/C20H29N5O7/c1-12(18(28)29)4-2-3-9-22-19(30)23-11-14-7-5-13(6-8-14)10-15(26)24-17(16(21)27)25-20(31)32/h5-8,12,17,25H,2-4,9-11H2,1H3,(H2,21,27)(H,24,26)(H,28,29)(H,31,32)(H2,22,23,30)/t12-,17?/m0/s1. The summed E-state index contributed by atoms with van der Waals surface area (Å²) in [5, 5.41) is 26.8. The first-order chi connectivity index (χ1) is 15.1. The minimum absolute atomic E-state index is 0.0975. The molecular formula is C20H29N5O7. The predicted octanol–water partition coefficient (Wildman–Crippen LogP) is 0.115. The van der Waals surface area contributed by atoms with Gasteiger partial charge in [0, 0.05) is 13.1 Å². The Kier molecular flexibility index (Phi) is 11.0. The quantitative estimate of drug-likeness (QED) is 0.163. The van der Waals surface area contributed by atoms with Gasteiger partial charge in [0.1, 0.15) is 0 Å². The molecule has 0 aromatic heterocycles. The van der Waals surface area contributed by atoms with E-state index >= 15 is 0 Å². The molecule has 0 spiro atoms. The van der Waals surface area contributed by atoms with Crippen molar-refractivity contribution >= 4 is 29.9 Å². The van der Waals surface area contributed by atoms with Crippen LogP contribution in [-0.2, 0) is 27.3 Å². The van der Waals surface area contributed by atoms with Crippen molar-refractivity contribution in [3.63, 3.8) is 0 Å².